The molecule has 0 fully saturated rings. The van der Waals surface area contributed by atoms with Gasteiger partial charge in [0.25, 0.3) is 0 Å². The van der Waals surface area contributed by atoms with Crippen LogP contribution in [0.15, 0.2) is 36.8 Å². The molecule has 1 aromatic carbocycles. The fraction of sp³-hybridized carbons (Fsp3) is 0.200. The monoisotopic (exact) mass is 302 g/mol. The lowest BCUT2D eigenvalue weighted by Gasteiger charge is -2.07. The van der Waals surface area contributed by atoms with E-state index < -0.39 is 0 Å². The lowest BCUT2D eigenvalue weighted by Crippen LogP contribution is -2.05. The Kier molecular flexibility index (Phi) is 4.03. The van der Waals surface area contributed by atoms with Gasteiger partial charge in [-0.3, -0.25) is 0 Å². The number of hydrogen-bond donors (Lipinski definition) is 3. The van der Waals surface area contributed by atoms with Gasteiger partial charge in [-0.05, 0) is 24.1 Å². The van der Waals surface area contributed by atoms with Gasteiger partial charge < -0.3 is 15.4 Å². The second-order valence-electron chi connectivity index (χ2n) is 4.66. The van der Waals surface area contributed by atoms with Crippen LogP contribution in [0.25, 0.3) is 22.2 Å². The summed E-state index contributed by atoms with van der Waals surface area (Å²) < 4.78 is 0. The molecule has 0 aliphatic heterocycles. The van der Waals surface area contributed by atoms with Gasteiger partial charge in [0.15, 0.2) is 0 Å². The Balaban J connectivity index is 2.07. The van der Waals surface area contributed by atoms with Gasteiger partial charge in [-0.25, -0.2) is 9.97 Å². The molecule has 2 aromatic heterocycles. The molecule has 0 radical (unpaired) electrons. The molecule has 3 rings (SSSR count). The summed E-state index contributed by atoms with van der Waals surface area (Å²) in [6, 6.07) is 7.67. The molecule has 0 aliphatic rings. The summed E-state index contributed by atoms with van der Waals surface area (Å²) in [5.74, 6) is 0.754. The molecule has 2 heterocycles. The molecule has 0 aliphatic carbocycles. The molecule has 3 aromatic rings. The topological polar surface area (TPSA) is 73.8 Å². The Labute approximate surface area is 127 Å². The molecule has 6 heteroatoms. The number of aliphatic hydroxyl groups excluding tert-OH is 1. The minimum Gasteiger partial charge on any atom is -0.396 e. The van der Waals surface area contributed by atoms with Crippen molar-refractivity contribution in [1.29, 1.82) is 0 Å². The summed E-state index contributed by atoms with van der Waals surface area (Å²) in [6.07, 6.45) is 4.09. The number of aliphatic hydroxyl groups is 1. The molecule has 0 bridgehead atoms. The zero-order chi connectivity index (χ0) is 14.7. The zero-order valence-corrected chi connectivity index (χ0v) is 12.1. The molecule has 0 amide bonds. The van der Waals surface area contributed by atoms with Crippen LogP contribution in [-0.4, -0.2) is 33.2 Å². The van der Waals surface area contributed by atoms with E-state index in [2.05, 4.69) is 20.3 Å². The Morgan fingerprint density at radius 2 is 2.19 bits per heavy atom. The molecular weight excluding hydrogens is 288 g/mol. The number of aromatic nitrogens is 3. The van der Waals surface area contributed by atoms with Crippen LogP contribution in [0.2, 0.25) is 5.02 Å². The Morgan fingerprint density at radius 3 is 3.00 bits per heavy atom. The summed E-state index contributed by atoms with van der Waals surface area (Å²) in [6.45, 7) is 0.804. The molecule has 21 heavy (non-hydrogen) atoms. The summed E-state index contributed by atoms with van der Waals surface area (Å²) >= 11 is 6.07. The van der Waals surface area contributed by atoms with Gasteiger partial charge in [0.2, 0.25) is 0 Å². The van der Waals surface area contributed by atoms with Crippen LogP contribution >= 0.6 is 11.6 Å². The first-order valence-corrected chi connectivity index (χ1v) is 7.10. The third-order valence-corrected chi connectivity index (χ3v) is 3.47. The van der Waals surface area contributed by atoms with E-state index >= 15 is 0 Å². The summed E-state index contributed by atoms with van der Waals surface area (Å²) in [5.41, 5.74) is 2.78. The van der Waals surface area contributed by atoms with E-state index in [0.29, 0.717) is 18.0 Å². The van der Waals surface area contributed by atoms with Gasteiger partial charge in [0.1, 0.15) is 17.8 Å². The SMILES string of the molecule is OCCCNc1ncnc2[nH]cc(-c3cccc(Cl)c3)c12. The zero-order valence-electron chi connectivity index (χ0n) is 11.3. The quantitative estimate of drug-likeness (QED) is 0.633. The highest BCUT2D eigenvalue weighted by atomic mass is 35.5. The van der Waals surface area contributed by atoms with E-state index in [0.717, 1.165) is 28.0 Å². The number of nitrogens with one attached hydrogen (secondary N) is 2. The first-order valence-electron chi connectivity index (χ1n) is 6.72. The first kappa shape index (κ1) is 13.9. The van der Waals surface area contributed by atoms with Gasteiger partial charge in [0, 0.05) is 29.9 Å². The minimum absolute atomic E-state index is 0.148. The molecule has 0 unspecified atom stereocenters. The van der Waals surface area contributed by atoms with Crippen molar-refractivity contribution in [3.05, 3.63) is 41.8 Å². The van der Waals surface area contributed by atoms with Gasteiger partial charge in [-0.15, -0.1) is 0 Å². The maximum absolute atomic E-state index is 8.89. The number of fused-ring (bicyclic) bond motifs is 1. The number of H-pyrrole nitrogens is 1. The number of benzene rings is 1. The minimum atomic E-state index is 0.148. The van der Waals surface area contributed by atoms with Gasteiger partial charge in [0.05, 0.1) is 5.39 Å². The van der Waals surface area contributed by atoms with E-state index in [-0.39, 0.29) is 6.61 Å². The molecule has 0 atom stereocenters. The number of halogens is 1. The Bertz CT molecular complexity index is 756. The normalized spacial score (nSPS) is 11.0. The van der Waals surface area contributed by atoms with Crippen LogP contribution in [-0.2, 0) is 0 Å². The highest BCUT2D eigenvalue weighted by Gasteiger charge is 2.12. The van der Waals surface area contributed by atoms with Crippen LogP contribution in [0.3, 0.4) is 0 Å². The summed E-state index contributed by atoms with van der Waals surface area (Å²) in [5, 5.41) is 13.7. The fourth-order valence-corrected chi connectivity index (χ4v) is 2.46. The Morgan fingerprint density at radius 1 is 1.29 bits per heavy atom. The largest absolute Gasteiger partial charge is 0.396 e. The van der Waals surface area contributed by atoms with Gasteiger partial charge in [-0.1, -0.05) is 23.7 Å². The Hall–Kier alpha value is -2.11. The van der Waals surface area contributed by atoms with Crippen molar-refractivity contribution >= 4 is 28.5 Å². The summed E-state index contributed by atoms with van der Waals surface area (Å²) in [4.78, 5) is 11.7. The molecule has 108 valence electrons. The number of aromatic amines is 1. The number of rotatable bonds is 5. The van der Waals surface area contributed by atoms with Crippen LogP contribution in [0.1, 0.15) is 6.42 Å². The molecule has 0 saturated carbocycles. The van der Waals surface area contributed by atoms with E-state index in [1.165, 1.54) is 6.33 Å². The van der Waals surface area contributed by atoms with Crippen LogP contribution in [0.4, 0.5) is 5.82 Å². The second-order valence-corrected chi connectivity index (χ2v) is 5.10. The predicted molar refractivity (Wildman–Crippen MR) is 84.5 cm³/mol. The maximum atomic E-state index is 8.89. The van der Waals surface area contributed by atoms with Crippen molar-refractivity contribution in [3.8, 4) is 11.1 Å². The van der Waals surface area contributed by atoms with Crippen molar-refractivity contribution in [2.45, 2.75) is 6.42 Å². The van der Waals surface area contributed by atoms with Crippen molar-refractivity contribution in [3.63, 3.8) is 0 Å². The number of nitrogens with zero attached hydrogens (tertiary/aromatic N) is 2. The third-order valence-electron chi connectivity index (χ3n) is 3.23. The molecule has 3 N–H and O–H groups in total. The number of anilines is 1. The maximum Gasteiger partial charge on any atom is 0.143 e. The summed E-state index contributed by atoms with van der Waals surface area (Å²) in [7, 11) is 0. The van der Waals surface area contributed by atoms with Crippen LogP contribution in [0, 0.1) is 0 Å². The lowest BCUT2D eigenvalue weighted by atomic mass is 10.1. The van der Waals surface area contributed by atoms with Crippen molar-refractivity contribution in [2.24, 2.45) is 0 Å². The smallest absolute Gasteiger partial charge is 0.143 e. The molecule has 0 saturated heterocycles. The molecule has 5 nitrogen and oxygen atoms in total. The van der Waals surface area contributed by atoms with E-state index in [9.17, 15) is 0 Å². The fourth-order valence-electron chi connectivity index (χ4n) is 2.27. The third kappa shape index (κ3) is 2.84. The van der Waals surface area contributed by atoms with E-state index in [4.69, 9.17) is 16.7 Å². The average molecular weight is 303 g/mol. The van der Waals surface area contributed by atoms with Gasteiger partial charge in [-0.2, -0.15) is 0 Å². The molecule has 0 spiro atoms. The predicted octanol–water partition coefficient (Wildman–Crippen LogP) is 3.07. The lowest BCUT2D eigenvalue weighted by molar-refractivity contribution is 0.292. The molecular formula is C15H15ClN4O. The van der Waals surface area contributed by atoms with Crippen molar-refractivity contribution < 1.29 is 5.11 Å². The van der Waals surface area contributed by atoms with Crippen molar-refractivity contribution in [2.75, 3.05) is 18.5 Å². The second kappa shape index (κ2) is 6.11. The highest BCUT2D eigenvalue weighted by molar-refractivity contribution is 6.30. The van der Waals surface area contributed by atoms with E-state index in [1.54, 1.807) is 0 Å². The highest BCUT2D eigenvalue weighted by Crippen LogP contribution is 2.32. The average Bonchev–Trinajstić information content (AvgIpc) is 2.92. The van der Waals surface area contributed by atoms with E-state index in [1.807, 2.05) is 30.5 Å². The van der Waals surface area contributed by atoms with Gasteiger partial charge >= 0.3 is 0 Å². The van der Waals surface area contributed by atoms with Crippen LogP contribution in [0.5, 0.6) is 0 Å². The standard InChI is InChI=1S/C15H15ClN4O/c16-11-4-1-3-10(7-11)12-8-18-15-13(12)14(19-9-20-15)17-5-2-6-21/h1,3-4,7-9,21H,2,5-6H2,(H2,17,18,19,20). The van der Waals surface area contributed by atoms with Crippen molar-refractivity contribution in [1.82, 2.24) is 15.0 Å². The number of hydrogen-bond acceptors (Lipinski definition) is 4. The van der Waals surface area contributed by atoms with Crippen LogP contribution < -0.4 is 5.32 Å². The first-order chi connectivity index (χ1) is 10.3.